The third-order valence-corrected chi connectivity index (χ3v) is 4.74. The van der Waals surface area contributed by atoms with Crippen LogP contribution in [-0.2, 0) is 4.79 Å². The van der Waals surface area contributed by atoms with Crippen molar-refractivity contribution in [3.63, 3.8) is 0 Å². The summed E-state index contributed by atoms with van der Waals surface area (Å²) in [5.74, 6) is -0.614. The number of aliphatic hydroxyl groups is 1. The molecule has 3 rings (SSSR count). The Morgan fingerprint density at radius 3 is 2.95 bits per heavy atom. The van der Waals surface area contributed by atoms with E-state index in [0.29, 0.717) is 12.8 Å². The molecule has 1 amide bonds. The van der Waals surface area contributed by atoms with Crippen LogP contribution < -0.4 is 5.73 Å². The number of amides is 1. The number of aromatic nitrogens is 2. The number of hydrogen-bond acceptors (Lipinski definition) is 5. The van der Waals surface area contributed by atoms with E-state index in [4.69, 9.17) is 5.73 Å². The van der Waals surface area contributed by atoms with Gasteiger partial charge in [0.05, 0.1) is 22.9 Å². The maximum atomic E-state index is 11.5. The predicted molar refractivity (Wildman–Crippen MR) is 76.0 cm³/mol. The molecule has 0 bridgehead atoms. The molecular formula is C14H15N3O2S. The summed E-state index contributed by atoms with van der Waals surface area (Å²) in [4.78, 5) is 20.8. The van der Waals surface area contributed by atoms with E-state index < -0.39 is 6.10 Å². The fraction of sp³-hybridized carbons (Fsp3) is 0.357. The van der Waals surface area contributed by atoms with Gasteiger partial charge >= 0.3 is 0 Å². The Morgan fingerprint density at radius 2 is 2.25 bits per heavy atom. The van der Waals surface area contributed by atoms with Crippen molar-refractivity contribution >= 4 is 17.2 Å². The smallest absolute Gasteiger partial charge is 0.221 e. The summed E-state index contributed by atoms with van der Waals surface area (Å²) in [5.41, 5.74) is 7.31. The van der Waals surface area contributed by atoms with Gasteiger partial charge in [-0.25, -0.2) is 0 Å². The first-order chi connectivity index (χ1) is 9.65. The van der Waals surface area contributed by atoms with Gasteiger partial charge in [-0.1, -0.05) is 0 Å². The van der Waals surface area contributed by atoms with Crippen molar-refractivity contribution in [3.8, 4) is 10.6 Å². The molecule has 2 aromatic rings. The quantitative estimate of drug-likeness (QED) is 0.897. The summed E-state index contributed by atoms with van der Waals surface area (Å²) < 4.78 is 0. The molecule has 0 unspecified atom stereocenters. The second-order valence-electron chi connectivity index (χ2n) is 5.08. The molecule has 0 aliphatic heterocycles. The summed E-state index contributed by atoms with van der Waals surface area (Å²) in [5, 5.41) is 11.8. The molecule has 1 saturated carbocycles. The Balaban J connectivity index is 1.88. The lowest BCUT2D eigenvalue weighted by atomic mass is 9.90. The van der Waals surface area contributed by atoms with Crippen molar-refractivity contribution in [1.29, 1.82) is 0 Å². The number of primary amides is 1. The van der Waals surface area contributed by atoms with E-state index in [9.17, 15) is 9.90 Å². The van der Waals surface area contributed by atoms with E-state index in [1.54, 1.807) is 29.9 Å². The molecule has 2 aromatic heterocycles. The molecule has 1 aliphatic carbocycles. The third-order valence-electron chi connectivity index (χ3n) is 3.77. The first kappa shape index (κ1) is 13.2. The Kier molecular flexibility index (Phi) is 3.50. The van der Waals surface area contributed by atoms with Crippen molar-refractivity contribution in [2.45, 2.75) is 24.9 Å². The average Bonchev–Trinajstić information content (AvgIpc) is 3.06. The zero-order valence-corrected chi connectivity index (χ0v) is 11.6. The normalized spacial score (nSPS) is 25.8. The number of rotatable bonds is 3. The predicted octanol–water partition coefficient (Wildman–Crippen LogP) is 1.54. The molecule has 5 nitrogen and oxygen atoms in total. The number of nitrogens with zero attached hydrogens (tertiary/aromatic N) is 2. The largest absolute Gasteiger partial charge is 0.393 e. The minimum absolute atomic E-state index is 0.00386. The fourth-order valence-electron chi connectivity index (χ4n) is 2.80. The second-order valence-corrected chi connectivity index (χ2v) is 5.99. The molecule has 0 aromatic carbocycles. The number of thiophene rings is 1. The van der Waals surface area contributed by atoms with E-state index in [2.05, 4.69) is 9.97 Å². The fourth-order valence-corrected chi connectivity index (χ4v) is 3.74. The van der Waals surface area contributed by atoms with Crippen LogP contribution in [0.3, 0.4) is 0 Å². The van der Waals surface area contributed by atoms with Crippen LogP contribution in [0, 0.1) is 5.92 Å². The topological polar surface area (TPSA) is 89.1 Å². The number of carbonyl (C=O) groups excluding carboxylic acids is 1. The lowest BCUT2D eigenvalue weighted by molar-refractivity contribution is -0.122. The first-order valence-electron chi connectivity index (χ1n) is 6.47. The highest BCUT2D eigenvalue weighted by Gasteiger charge is 2.38. The summed E-state index contributed by atoms with van der Waals surface area (Å²) in [7, 11) is 0. The average molecular weight is 289 g/mol. The van der Waals surface area contributed by atoms with Crippen LogP contribution in [0.25, 0.3) is 10.6 Å². The SMILES string of the molecule is NC(=O)[C@H]1C[C@H](O)C[C@H]1c1csc(-c2cnccn2)c1. The van der Waals surface area contributed by atoms with Gasteiger partial charge in [0.25, 0.3) is 0 Å². The zero-order chi connectivity index (χ0) is 14.1. The van der Waals surface area contributed by atoms with E-state index in [0.717, 1.165) is 16.1 Å². The van der Waals surface area contributed by atoms with Crippen molar-refractivity contribution < 1.29 is 9.90 Å². The minimum Gasteiger partial charge on any atom is -0.393 e. The molecule has 0 spiro atoms. The van der Waals surface area contributed by atoms with Gasteiger partial charge in [0.2, 0.25) is 5.91 Å². The minimum atomic E-state index is -0.447. The first-order valence-corrected chi connectivity index (χ1v) is 7.35. The van der Waals surface area contributed by atoms with Gasteiger partial charge in [-0.2, -0.15) is 0 Å². The number of hydrogen-bond donors (Lipinski definition) is 2. The zero-order valence-electron chi connectivity index (χ0n) is 10.8. The van der Waals surface area contributed by atoms with E-state index >= 15 is 0 Å². The molecule has 104 valence electrons. The van der Waals surface area contributed by atoms with Gasteiger partial charge in [0, 0.05) is 18.3 Å². The van der Waals surface area contributed by atoms with Crippen LogP contribution in [-0.4, -0.2) is 27.1 Å². The molecule has 1 aliphatic rings. The van der Waals surface area contributed by atoms with Gasteiger partial charge in [-0.15, -0.1) is 11.3 Å². The maximum Gasteiger partial charge on any atom is 0.221 e. The van der Waals surface area contributed by atoms with Gasteiger partial charge in [0.1, 0.15) is 0 Å². The van der Waals surface area contributed by atoms with Crippen LogP contribution >= 0.6 is 11.3 Å². The van der Waals surface area contributed by atoms with Gasteiger partial charge in [-0.05, 0) is 35.8 Å². The van der Waals surface area contributed by atoms with Crippen molar-refractivity contribution in [2.75, 3.05) is 0 Å². The van der Waals surface area contributed by atoms with E-state index in [-0.39, 0.29) is 17.7 Å². The standard InChI is InChI=1S/C14H15N3O2S/c15-14(19)11-5-9(18)4-10(11)8-3-13(20-7-8)12-6-16-1-2-17-12/h1-3,6-7,9-11,18H,4-5H2,(H2,15,19)/t9-,10+,11+/m1/s1. The van der Waals surface area contributed by atoms with E-state index in [1.165, 1.54) is 0 Å². The second kappa shape index (κ2) is 5.30. The molecule has 3 N–H and O–H groups in total. The Bertz CT molecular complexity index is 614. The molecule has 0 radical (unpaired) electrons. The van der Waals surface area contributed by atoms with Crippen LogP contribution in [0.15, 0.2) is 30.0 Å². The molecule has 2 heterocycles. The molecule has 1 fully saturated rings. The van der Waals surface area contributed by atoms with E-state index in [1.807, 2.05) is 11.4 Å². The Hall–Kier alpha value is -1.79. The highest BCUT2D eigenvalue weighted by Crippen LogP contribution is 2.42. The van der Waals surface area contributed by atoms with Crippen molar-refractivity contribution in [3.05, 3.63) is 35.6 Å². The van der Waals surface area contributed by atoms with Crippen LogP contribution in [0.4, 0.5) is 0 Å². The van der Waals surface area contributed by atoms with Crippen LogP contribution in [0.2, 0.25) is 0 Å². The highest BCUT2D eigenvalue weighted by molar-refractivity contribution is 7.13. The lowest BCUT2D eigenvalue weighted by Crippen LogP contribution is -2.25. The van der Waals surface area contributed by atoms with Gasteiger partial charge in [0.15, 0.2) is 0 Å². The number of nitrogens with two attached hydrogens (primary N) is 1. The molecular weight excluding hydrogens is 274 g/mol. The van der Waals surface area contributed by atoms with Crippen LogP contribution in [0.5, 0.6) is 0 Å². The summed E-state index contributed by atoms with van der Waals surface area (Å²) in [6.07, 6.45) is 5.59. The molecule has 20 heavy (non-hydrogen) atoms. The number of carbonyl (C=O) groups is 1. The Morgan fingerprint density at radius 1 is 1.40 bits per heavy atom. The van der Waals surface area contributed by atoms with Crippen molar-refractivity contribution in [1.82, 2.24) is 9.97 Å². The van der Waals surface area contributed by atoms with Crippen LogP contribution in [0.1, 0.15) is 24.3 Å². The Labute approximate surface area is 120 Å². The molecule has 3 atom stereocenters. The highest BCUT2D eigenvalue weighted by atomic mass is 32.1. The molecule has 0 saturated heterocycles. The van der Waals surface area contributed by atoms with Gasteiger partial charge in [-0.3, -0.25) is 14.8 Å². The summed E-state index contributed by atoms with van der Waals surface area (Å²) in [6.45, 7) is 0. The monoisotopic (exact) mass is 289 g/mol. The lowest BCUT2D eigenvalue weighted by Gasteiger charge is -2.14. The third kappa shape index (κ3) is 2.44. The van der Waals surface area contributed by atoms with Crippen molar-refractivity contribution in [2.24, 2.45) is 11.7 Å². The molecule has 6 heteroatoms. The number of aliphatic hydroxyl groups excluding tert-OH is 1. The van der Waals surface area contributed by atoms with Gasteiger partial charge < -0.3 is 10.8 Å². The summed E-state index contributed by atoms with van der Waals surface area (Å²) >= 11 is 1.57. The summed E-state index contributed by atoms with van der Waals surface area (Å²) in [6, 6.07) is 2.02. The maximum absolute atomic E-state index is 11.5.